The molecule has 16 heavy (non-hydrogen) atoms. The fourth-order valence-corrected chi connectivity index (χ4v) is 1.78. The number of rotatable bonds is 3. The average Bonchev–Trinajstić information content (AvgIpc) is 2.19. The van der Waals surface area contributed by atoms with Gasteiger partial charge in [0.05, 0.1) is 12.2 Å². The Morgan fingerprint density at radius 3 is 2.88 bits per heavy atom. The van der Waals surface area contributed by atoms with E-state index in [0.717, 1.165) is 5.56 Å². The zero-order chi connectivity index (χ0) is 11.5. The van der Waals surface area contributed by atoms with Gasteiger partial charge in [-0.3, -0.25) is 0 Å². The monoisotopic (exact) mass is 219 g/mol. The molecular weight excluding hydrogens is 202 g/mol. The standard InChI is InChI=1S/C13H17NO2/c1-9-5-6-12(14)11(7-9)13(15)16-8-10-3-2-4-10/h5-7,10H,2-4,8,14H2,1H3. The lowest BCUT2D eigenvalue weighted by Crippen LogP contribution is -2.20. The van der Waals surface area contributed by atoms with Crippen molar-refractivity contribution < 1.29 is 9.53 Å². The number of aryl methyl sites for hydroxylation is 1. The molecule has 1 aliphatic rings. The van der Waals surface area contributed by atoms with Crippen molar-refractivity contribution in [3.63, 3.8) is 0 Å². The third kappa shape index (κ3) is 2.35. The number of hydrogen-bond acceptors (Lipinski definition) is 3. The molecule has 0 radical (unpaired) electrons. The number of esters is 1. The molecule has 2 rings (SSSR count). The highest BCUT2D eigenvalue weighted by molar-refractivity contribution is 5.95. The van der Waals surface area contributed by atoms with Crippen molar-refractivity contribution in [2.24, 2.45) is 5.92 Å². The minimum absolute atomic E-state index is 0.298. The SMILES string of the molecule is Cc1ccc(N)c(C(=O)OCC2CCC2)c1. The molecule has 1 aromatic rings. The first kappa shape index (κ1) is 11.0. The first-order valence-corrected chi connectivity index (χ1v) is 5.70. The number of hydrogen-bond donors (Lipinski definition) is 1. The molecule has 0 spiro atoms. The highest BCUT2D eigenvalue weighted by atomic mass is 16.5. The molecule has 0 bridgehead atoms. The van der Waals surface area contributed by atoms with E-state index in [1.807, 2.05) is 13.0 Å². The number of nitrogens with two attached hydrogens (primary N) is 1. The maximum Gasteiger partial charge on any atom is 0.340 e. The summed E-state index contributed by atoms with van der Waals surface area (Å²) in [5.74, 6) is 0.267. The number of ether oxygens (including phenoxy) is 1. The van der Waals surface area contributed by atoms with E-state index in [4.69, 9.17) is 10.5 Å². The molecule has 86 valence electrons. The van der Waals surface area contributed by atoms with Crippen molar-refractivity contribution in [3.05, 3.63) is 29.3 Å². The zero-order valence-electron chi connectivity index (χ0n) is 9.53. The topological polar surface area (TPSA) is 52.3 Å². The summed E-state index contributed by atoms with van der Waals surface area (Å²) < 4.78 is 5.25. The normalized spacial score (nSPS) is 15.6. The molecule has 0 heterocycles. The summed E-state index contributed by atoms with van der Waals surface area (Å²) in [4.78, 5) is 11.8. The lowest BCUT2D eigenvalue weighted by molar-refractivity contribution is 0.0372. The Kier molecular flexibility index (Phi) is 3.13. The number of anilines is 1. The van der Waals surface area contributed by atoms with Crippen molar-refractivity contribution >= 4 is 11.7 Å². The van der Waals surface area contributed by atoms with Gasteiger partial charge in [-0.2, -0.15) is 0 Å². The van der Waals surface area contributed by atoms with Gasteiger partial charge in [-0.05, 0) is 37.8 Å². The minimum atomic E-state index is -0.298. The van der Waals surface area contributed by atoms with Gasteiger partial charge in [0, 0.05) is 5.69 Å². The average molecular weight is 219 g/mol. The van der Waals surface area contributed by atoms with Crippen LogP contribution in [0.1, 0.15) is 35.2 Å². The lowest BCUT2D eigenvalue weighted by atomic mass is 9.86. The van der Waals surface area contributed by atoms with Crippen LogP contribution in [0.15, 0.2) is 18.2 Å². The number of carbonyl (C=O) groups is 1. The van der Waals surface area contributed by atoms with Crippen LogP contribution in [0.3, 0.4) is 0 Å². The zero-order valence-corrected chi connectivity index (χ0v) is 9.53. The molecule has 1 fully saturated rings. The molecule has 0 unspecified atom stereocenters. The number of benzene rings is 1. The van der Waals surface area contributed by atoms with Gasteiger partial charge in [-0.15, -0.1) is 0 Å². The van der Waals surface area contributed by atoms with Crippen LogP contribution < -0.4 is 5.73 Å². The second-order valence-corrected chi connectivity index (χ2v) is 4.49. The van der Waals surface area contributed by atoms with E-state index >= 15 is 0 Å². The third-order valence-corrected chi connectivity index (χ3v) is 3.10. The Morgan fingerprint density at radius 1 is 1.50 bits per heavy atom. The molecule has 1 aromatic carbocycles. The van der Waals surface area contributed by atoms with E-state index in [9.17, 15) is 4.79 Å². The Balaban J connectivity index is 1.99. The van der Waals surface area contributed by atoms with Crippen LogP contribution in [0.25, 0.3) is 0 Å². The van der Waals surface area contributed by atoms with Gasteiger partial charge < -0.3 is 10.5 Å². The Hall–Kier alpha value is -1.51. The van der Waals surface area contributed by atoms with Crippen molar-refractivity contribution in [1.29, 1.82) is 0 Å². The van der Waals surface area contributed by atoms with Crippen molar-refractivity contribution in [3.8, 4) is 0 Å². The van der Waals surface area contributed by atoms with Gasteiger partial charge in [-0.25, -0.2) is 4.79 Å². The molecule has 0 saturated heterocycles. The van der Waals surface area contributed by atoms with Crippen LogP contribution in [0, 0.1) is 12.8 Å². The molecule has 0 aromatic heterocycles. The van der Waals surface area contributed by atoms with Crippen molar-refractivity contribution in [2.75, 3.05) is 12.3 Å². The molecule has 3 nitrogen and oxygen atoms in total. The Morgan fingerprint density at radius 2 is 2.25 bits per heavy atom. The highest BCUT2D eigenvalue weighted by Gasteiger charge is 2.20. The van der Waals surface area contributed by atoms with E-state index in [1.54, 1.807) is 12.1 Å². The second kappa shape index (κ2) is 4.56. The molecule has 1 saturated carbocycles. The quantitative estimate of drug-likeness (QED) is 0.627. The molecule has 0 atom stereocenters. The van der Waals surface area contributed by atoms with Crippen molar-refractivity contribution in [2.45, 2.75) is 26.2 Å². The van der Waals surface area contributed by atoms with Crippen LogP contribution in [0.4, 0.5) is 5.69 Å². The van der Waals surface area contributed by atoms with Crippen LogP contribution in [0.2, 0.25) is 0 Å². The molecular formula is C13H17NO2. The van der Waals surface area contributed by atoms with Gasteiger partial charge in [-0.1, -0.05) is 18.1 Å². The fourth-order valence-electron chi connectivity index (χ4n) is 1.78. The maximum absolute atomic E-state index is 11.8. The second-order valence-electron chi connectivity index (χ2n) is 4.49. The predicted octanol–water partition coefficient (Wildman–Crippen LogP) is 2.53. The van der Waals surface area contributed by atoms with Gasteiger partial charge in [0.1, 0.15) is 0 Å². The molecule has 1 aliphatic carbocycles. The number of carbonyl (C=O) groups excluding carboxylic acids is 1. The fraction of sp³-hybridized carbons (Fsp3) is 0.462. The van der Waals surface area contributed by atoms with Gasteiger partial charge in [0.2, 0.25) is 0 Å². The van der Waals surface area contributed by atoms with E-state index in [2.05, 4.69) is 0 Å². The van der Waals surface area contributed by atoms with E-state index < -0.39 is 0 Å². The summed E-state index contributed by atoms with van der Waals surface area (Å²) >= 11 is 0. The van der Waals surface area contributed by atoms with Crippen LogP contribution >= 0.6 is 0 Å². The van der Waals surface area contributed by atoms with Crippen LogP contribution in [-0.4, -0.2) is 12.6 Å². The lowest BCUT2D eigenvalue weighted by Gasteiger charge is -2.24. The van der Waals surface area contributed by atoms with Crippen LogP contribution in [0.5, 0.6) is 0 Å². The molecule has 0 aliphatic heterocycles. The summed E-state index contributed by atoms with van der Waals surface area (Å²) in [6.07, 6.45) is 3.61. The predicted molar refractivity (Wildman–Crippen MR) is 63.2 cm³/mol. The van der Waals surface area contributed by atoms with E-state index in [1.165, 1.54) is 19.3 Å². The summed E-state index contributed by atoms with van der Waals surface area (Å²) in [6, 6.07) is 5.41. The summed E-state index contributed by atoms with van der Waals surface area (Å²) in [5.41, 5.74) is 7.74. The Labute approximate surface area is 95.6 Å². The van der Waals surface area contributed by atoms with Crippen molar-refractivity contribution in [1.82, 2.24) is 0 Å². The summed E-state index contributed by atoms with van der Waals surface area (Å²) in [5, 5.41) is 0. The first-order chi connectivity index (χ1) is 7.66. The summed E-state index contributed by atoms with van der Waals surface area (Å²) in [6.45, 7) is 2.47. The summed E-state index contributed by atoms with van der Waals surface area (Å²) in [7, 11) is 0. The van der Waals surface area contributed by atoms with Gasteiger partial charge >= 0.3 is 5.97 Å². The van der Waals surface area contributed by atoms with E-state index in [0.29, 0.717) is 23.8 Å². The van der Waals surface area contributed by atoms with Gasteiger partial charge in [0.25, 0.3) is 0 Å². The van der Waals surface area contributed by atoms with E-state index in [-0.39, 0.29) is 5.97 Å². The third-order valence-electron chi connectivity index (χ3n) is 3.10. The molecule has 3 heteroatoms. The highest BCUT2D eigenvalue weighted by Crippen LogP contribution is 2.26. The van der Waals surface area contributed by atoms with Crippen LogP contribution in [-0.2, 0) is 4.74 Å². The molecule has 0 amide bonds. The smallest absolute Gasteiger partial charge is 0.340 e. The van der Waals surface area contributed by atoms with Gasteiger partial charge in [0.15, 0.2) is 0 Å². The Bertz CT molecular complexity index is 397. The number of nitrogen functional groups attached to an aromatic ring is 1. The molecule has 2 N–H and O–H groups in total. The maximum atomic E-state index is 11.8. The first-order valence-electron chi connectivity index (χ1n) is 5.70. The minimum Gasteiger partial charge on any atom is -0.462 e. The largest absolute Gasteiger partial charge is 0.462 e.